The number of H-pyrrole nitrogens is 1. The number of hydrogen-bond acceptors (Lipinski definition) is 2. The number of halogens is 1. The van der Waals surface area contributed by atoms with Gasteiger partial charge >= 0.3 is 0 Å². The monoisotopic (exact) mass is 293 g/mol. The van der Waals surface area contributed by atoms with Crippen molar-refractivity contribution in [3.63, 3.8) is 0 Å². The summed E-state index contributed by atoms with van der Waals surface area (Å²) in [5, 5.41) is 3.52. The molecule has 2 aromatic rings. The minimum Gasteiger partial charge on any atom is -0.347 e. The topological polar surface area (TPSA) is 40.7 Å². The van der Waals surface area contributed by atoms with Crippen molar-refractivity contribution in [2.24, 2.45) is 0 Å². The van der Waals surface area contributed by atoms with E-state index >= 15 is 0 Å². The van der Waals surface area contributed by atoms with Gasteiger partial charge in [-0.2, -0.15) is 0 Å². The first-order chi connectivity index (χ1) is 8.29. The van der Waals surface area contributed by atoms with Gasteiger partial charge in [-0.05, 0) is 24.1 Å². The van der Waals surface area contributed by atoms with Crippen LogP contribution in [0.25, 0.3) is 0 Å². The minimum absolute atomic E-state index is 0.381. The molecule has 17 heavy (non-hydrogen) atoms. The van der Waals surface area contributed by atoms with Crippen molar-refractivity contribution >= 4 is 15.9 Å². The summed E-state index contributed by atoms with van der Waals surface area (Å²) in [6, 6.07) is 8.84. The van der Waals surface area contributed by atoms with Crippen molar-refractivity contribution in [3.8, 4) is 0 Å². The van der Waals surface area contributed by atoms with Gasteiger partial charge in [0.15, 0.2) is 0 Å². The van der Waals surface area contributed by atoms with Crippen molar-refractivity contribution in [1.82, 2.24) is 15.3 Å². The van der Waals surface area contributed by atoms with Crippen LogP contribution in [0.3, 0.4) is 0 Å². The molecule has 3 nitrogen and oxygen atoms in total. The van der Waals surface area contributed by atoms with E-state index < -0.39 is 0 Å². The molecule has 0 bridgehead atoms. The maximum Gasteiger partial charge on any atom is 0.0922 e. The van der Waals surface area contributed by atoms with Gasteiger partial charge in [0.25, 0.3) is 0 Å². The molecule has 90 valence electrons. The Balaban J connectivity index is 1.99. The molecule has 0 spiro atoms. The van der Waals surface area contributed by atoms with Gasteiger partial charge in [-0.3, -0.25) is 0 Å². The molecule has 0 aliphatic heterocycles. The summed E-state index contributed by atoms with van der Waals surface area (Å²) < 4.78 is 1.12. The summed E-state index contributed by atoms with van der Waals surface area (Å²) in [7, 11) is 0. The second kappa shape index (κ2) is 5.98. The lowest BCUT2D eigenvalue weighted by atomic mass is 10.0. The highest BCUT2D eigenvalue weighted by atomic mass is 79.9. The Hall–Kier alpha value is -1.13. The fraction of sp³-hybridized carbons (Fsp3) is 0.308. The molecule has 0 aliphatic rings. The number of imidazole rings is 1. The molecule has 1 heterocycles. The van der Waals surface area contributed by atoms with Crippen molar-refractivity contribution in [2.45, 2.75) is 25.9 Å². The van der Waals surface area contributed by atoms with Crippen LogP contribution in [0, 0.1) is 0 Å². The van der Waals surface area contributed by atoms with Gasteiger partial charge in [0, 0.05) is 29.0 Å². The van der Waals surface area contributed by atoms with Gasteiger partial charge in [0.1, 0.15) is 0 Å². The summed E-state index contributed by atoms with van der Waals surface area (Å²) >= 11 is 3.45. The lowest BCUT2D eigenvalue weighted by Crippen LogP contribution is -2.20. The molecule has 0 radical (unpaired) electrons. The van der Waals surface area contributed by atoms with Crippen LogP contribution in [0.15, 0.2) is 41.3 Å². The molecule has 0 saturated carbocycles. The van der Waals surface area contributed by atoms with Crippen LogP contribution in [0.1, 0.15) is 30.6 Å². The van der Waals surface area contributed by atoms with Crippen LogP contribution in [-0.4, -0.2) is 9.97 Å². The molecule has 1 aromatic carbocycles. The molecular formula is C13H16BrN3. The highest BCUT2D eigenvalue weighted by molar-refractivity contribution is 9.10. The Morgan fingerprint density at radius 3 is 2.71 bits per heavy atom. The van der Waals surface area contributed by atoms with Gasteiger partial charge in [0.05, 0.1) is 6.33 Å². The molecule has 2 N–H and O–H groups in total. The summed E-state index contributed by atoms with van der Waals surface area (Å²) in [6.07, 6.45) is 4.62. The zero-order valence-electron chi connectivity index (χ0n) is 9.78. The van der Waals surface area contributed by atoms with E-state index in [-0.39, 0.29) is 0 Å². The van der Waals surface area contributed by atoms with E-state index in [1.807, 2.05) is 6.20 Å². The SMILES string of the molecule is CCC(NCc1cnc[nH]1)c1ccc(Br)cc1. The molecule has 1 unspecified atom stereocenters. The lowest BCUT2D eigenvalue weighted by Gasteiger charge is -2.17. The van der Waals surface area contributed by atoms with Crippen molar-refractivity contribution in [1.29, 1.82) is 0 Å². The number of nitrogens with zero attached hydrogens (tertiary/aromatic N) is 1. The molecule has 2 rings (SSSR count). The van der Waals surface area contributed by atoms with Crippen LogP contribution in [0.5, 0.6) is 0 Å². The Morgan fingerprint density at radius 2 is 2.12 bits per heavy atom. The van der Waals surface area contributed by atoms with E-state index in [9.17, 15) is 0 Å². The van der Waals surface area contributed by atoms with Gasteiger partial charge < -0.3 is 10.3 Å². The maximum atomic E-state index is 4.01. The summed E-state index contributed by atoms with van der Waals surface area (Å²) in [5.74, 6) is 0. The van der Waals surface area contributed by atoms with Gasteiger partial charge in [-0.1, -0.05) is 35.0 Å². The molecule has 0 saturated heterocycles. The second-order valence-corrected chi connectivity index (χ2v) is 4.89. The Labute approximate surface area is 110 Å². The normalized spacial score (nSPS) is 12.6. The van der Waals surface area contributed by atoms with E-state index in [0.717, 1.165) is 23.1 Å². The zero-order valence-corrected chi connectivity index (χ0v) is 11.4. The van der Waals surface area contributed by atoms with Crippen LogP contribution in [0.4, 0.5) is 0 Å². The molecule has 0 amide bonds. The average Bonchev–Trinajstić information content (AvgIpc) is 2.85. The number of benzene rings is 1. The third-order valence-electron chi connectivity index (χ3n) is 2.77. The Kier molecular flexibility index (Phi) is 4.34. The van der Waals surface area contributed by atoms with Crippen LogP contribution >= 0.6 is 15.9 Å². The van der Waals surface area contributed by atoms with E-state index in [0.29, 0.717) is 6.04 Å². The molecular weight excluding hydrogens is 278 g/mol. The third-order valence-corrected chi connectivity index (χ3v) is 3.30. The highest BCUT2D eigenvalue weighted by Crippen LogP contribution is 2.19. The quantitative estimate of drug-likeness (QED) is 0.887. The first-order valence-corrected chi connectivity index (χ1v) is 6.55. The van der Waals surface area contributed by atoms with E-state index in [2.05, 4.69) is 62.4 Å². The standard InChI is InChI=1S/C13H16BrN3/c1-2-13(10-3-5-11(14)6-4-10)16-8-12-7-15-9-17-12/h3-7,9,13,16H,2,8H2,1H3,(H,15,17). The Bertz CT molecular complexity index is 436. The van der Waals surface area contributed by atoms with Crippen molar-refractivity contribution in [2.75, 3.05) is 0 Å². The number of hydrogen-bond donors (Lipinski definition) is 2. The highest BCUT2D eigenvalue weighted by Gasteiger charge is 2.08. The predicted octanol–water partition coefficient (Wildman–Crippen LogP) is 3.41. The van der Waals surface area contributed by atoms with Gasteiger partial charge in [0.2, 0.25) is 0 Å². The first-order valence-electron chi connectivity index (χ1n) is 5.75. The Morgan fingerprint density at radius 1 is 1.35 bits per heavy atom. The van der Waals surface area contributed by atoms with Crippen molar-refractivity contribution < 1.29 is 0 Å². The van der Waals surface area contributed by atoms with E-state index in [4.69, 9.17) is 0 Å². The largest absolute Gasteiger partial charge is 0.347 e. The fourth-order valence-electron chi connectivity index (χ4n) is 1.81. The minimum atomic E-state index is 0.381. The summed E-state index contributed by atoms with van der Waals surface area (Å²) in [6.45, 7) is 3.00. The molecule has 1 atom stereocenters. The van der Waals surface area contributed by atoms with Gasteiger partial charge in [-0.25, -0.2) is 4.98 Å². The molecule has 0 aliphatic carbocycles. The third kappa shape index (κ3) is 3.41. The average molecular weight is 294 g/mol. The lowest BCUT2D eigenvalue weighted by molar-refractivity contribution is 0.515. The van der Waals surface area contributed by atoms with Crippen LogP contribution in [-0.2, 0) is 6.54 Å². The summed E-state index contributed by atoms with van der Waals surface area (Å²) in [4.78, 5) is 7.10. The van der Waals surface area contributed by atoms with E-state index in [1.54, 1.807) is 6.33 Å². The first kappa shape index (κ1) is 12.3. The summed E-state index contributed by atoms with van der Waals surface area (Å²) in [5.41, 5.74) is 2.43. The van der Waals surface area contributed by atoms with E-state index in [1.165, 1.54) is 5.56 Å². The zero-order chi connectivity index (χ0) is 12.1. The van der Waals surface area contributed by atoms with Crippen LogP contribution in [0.2, 0.25) is 0 Å². The number of rotatable bonds is 5. The van der Waals surface area contributed by atoms with Crippen LogP contribution < -0.4 is 5.32 Å². The number of aromatic amines is 1. The maximum absolute atomic E-state index is 4.01. The predicted molar refractivity (Wildman–Crippen MR) is 72.6 cm³/mol. The molecule has 1 aromatic heterocycles. The fourth-order valence-corrected chi connectivity index (χ4v) is 2.07. The van der Waals surface area contributed by atoms with Gasteiger partial charge in [-0.15, -0.1) is 0 Å². The molecule has 4 heteroatoms. The molecule has 0 fully saturated rings. The second-order valence-electron chi connectivity index (χ2n) is 3.97. The number of nitrogens with one attached hydrogen (secondary N) is 2. The smallest absolute Gasteiger partial charge is 0.0922 e. The number of aromatic nitrogens is 2. The van der Waals surface area contributed by atoms with Crippen molar-refractivity contribution in [3.05, 3.63) is 52.5 Å².